The summed E-state index contributed by atoms with van der Waals surface area (Å²) in [5, 5.41) is 9.39. The van der Waals surface area contributed by atoms with Crippen molar-refractivity contribution in [2.45, 2.75) is 32.7 Å². The van der Waals surface area contributed by atoms with E-state index in [-0.39, 0.29) is 12.0 Å². The number of ether oxygens (including phenoxy) is 1. The quantitative estimate of drug-likeness (QED) is 0.807. The second-order valence-electron chi connectivity index (χ2n) is 6.50. The van der Waals surface area contributed by atoms with Gasteiger partial charge in [0.15, 0.2) is 0 Å². The standard InChI is InChI=1S/C14H28N2O2/c1-14(2,12-17)11-15-5-3-4-13(10-15)16-6-8-18-9-7-16/h13,17H,3-12H2,1-2H3. The van der Waals surface area contributed by atoms with Gasteiger partial charge in [-0.1, -0.05) is 13.8 Å². The van der Waals surface area contributed by atoms with Gasteiger partial charge in [0.25, 0.3) is 0 Å². The fourth-order valence-corrected chi connectivity index (χ4v) is 3.07. The lowest BCUT2D eigenvalue weighted by molar-refractivity contribution is -0.00966. The first kappa shape index (κ1) is 14.3. The summed E-state index contributed by atoms with van der Waals surface area (Å²) >= 11 is 0. The Morgan fingerprint density at radius 2 is 1.94 bits per heavy atom. The van der Waals surface area contributed by atoms with E-state index in [4.69, 9.17) is 4.74 Å². The molecule has 106 valence electrons. The molecule has 0 bridgehead atoms. The molecular weight excluding hydrogens is 228 g/mol. The molecule has 0 aromatic heterocycles. The zero-order chi connectivity index (χ0) is 13.0. The smallest absolute Gasteiger partial charge is 0.0594 e. The summed E-state index contributed by atoms with van der Waals surface area (Å²) < 4.78 is 5.43. The molecule has 18 heavy (non-hydrogen) atoms. The molecule has 0 amide bonds. The second-order valence-corrected chi connectivity index (χ2v) is 6.50. The number of morpholine rings is 1. The van der Waals surface area contributed by atoms with E-state index in [0.717, 1.165) is 39.4 Å². The van der Waals surface area contributed by atoms with Crippen LogP contribution in [-0.4, -0.2) is 73.5 Å². The molecule has 2 fully saturated rings. The number of nitrogens with zero attached hydrogens (tertiary/aromatic N) is 2. The summed E-state index contributed by atoms with van der Waals surface area (Å²) in [6.45, 7) is 11.8. The third-order valence-electron chi connectivity index (χ3n) is 4.12. The van der Waals surface area contributed by atoms with Crippen LogP contribution in [0.1, 0.15) is 26.7 Å². The molecule has 2 aliphatic heterocycles. The predicted molar refractivity (Wildman–Crippen MR) is 72.7 cm³/mol. The molecule has 2 rings (SSSR count). The third-order valence-corrected chi connectivity index (χ3v) is 4.12. The van der Waals surface area contributed by atoms with Crippen molar-refractivity contribution in [1.82, 2.24) is 9.80 Å². The fraction of sp³-hybridized carbons (Fsp3) is 1.00. The fourth-order valence-electron chi connectivity index (χ4n) is 3.07. The van der Waals surface area contributed by atoms with Crippen molar-refractivity contribution in [2.75, 3.05) is 52.5 Å². The van der Waals surface area contributed by atoms with Crippen LogP contribution in [-0.2, 0) is 4.74 Å². The summed E-state index contributed by atoms with van der Waals surface area (Å²) in [7, 11) is 0. The predicted octanol–water partition coefficient (Wildman–Crippen LogP) is 0.802. The number of likely N-dealkylation sites (tertiary alicyclic amines) is 1. The first-order valence-electron chi connectivity index (χ1n) is 7.26. The molecule has 0 aromatic carbocycles. The minimum Gasteiger partial charge on any atom is -0.396 e. The Hall–Kier alpha value is -0.160. The van der Waals surface area contributed by atoms with E-state index < -0.39 is 0 Å². The normalized spacial score (nSPS) is 28.5. The van der Waals surface area contributed by atoms with Crippen LogP contribution in [0, 0.1) is 5.41 Å². The van der Waals surface area contributed by atoms with E-state index in [1.54, 1.807) is 0 Å². The molecule has 2 saturated heterocycles. The highest BCUT2D eigenvalue weighted by Gasteiger charge is 2.29. The molecule has 0 saturated carbocycles. The van der Waals surface area contributed by atoms with Gasteiger partial charge in [0.2, 0.25) is 0 Å². The highest BCUT2D eigenvalue weighted by molar-refractivity contribution is 4.84. The Morgan fingerprint density at radius 1 is 1.22 bits per heavy atom. The Morgan fingerprint density at radius 3 is 2.61 bits per heavy atom. The van der Waals surface area contributed by atoms with Gasteiger partial charge in [-0.05, 0) is 19.4 Å². The molecule has 1 N–H and O–H groups in total. The van der Waals surface area contributed by atoms with E-state index >= 15 is 0 Å². The van der Waals surface area contributed by atoms with Gasteiger partial charge in [0.05, 0.1) is 13.2 Å². The maximum Gasteiger partial charge on any atom is 0.0594 e. The average Bonchev–Trinajstić information content (AvgIpc) is 2.40. The lowest BCUT2D eigenvalue weighted by atomic mass is 9.92. The lowest BCUT2D eigenvalue weighted by Gasteiger charge is -2.42. The minimum absolute atomic E-state index is 0.0207. The molecule has 1 atom stereocenters. The van der Waals surface area contributed by atoms with Gasteiger partial charge in [-0.2, -0.15) is 0 Å². The second kappa shape index (κ2) is 6.33. The highest BCUT2D eigenvalue weighted by Crippen LogP contribution is 2.22. The zero-order valence-electron chi connectivity index (χ0n) is 11.9. The number of aliphatic hydroxyl groups excluding tert-OH is 1. The minimum atomic E-state index is 0.0207. The molecule has 0 aromatic rings. The number of aliphatic hydroxyl groups is 1. The molecule has 0 spiro atoms. The topological polar surface area (TPSA) is 35.9 Å². The van der Waals surface area contributed by atoms with Gasteiger partial charge >= 0.3 is 0 Å². The van der Waals surface area contributed by atoms with E-state index in [1.807, 2.05) is 0 Å². The van der Waals surface area contributed by atoms with Crippen LogP contribution in [0.2, 0.25) is 0 Å². The lowest BCUT2D eigenvalue weighted by Crippen LogP contribution is -2.53. The number of piperidine rings is 1. The van der Waals surface area contributed by atoms with Crippen LogP contribution in [0.15, 0.2) is 0 Å². The molecular formula is C14H28N2O2. The first-order valence-corrected chi connectivity index (χ1v) is 7.26. The van der Waals surface area contributed by atoms with Crippen LogP contribution in [0.25, 0.3) is 0 Å². The molecule has 2 aliphatic rings. The van der Waals surface area contributed by atoms with E-state index in [2.05, 4.69) is 23.6 Å². The van der Waals surface area contributed by atoms with Crippen LogP contribution >= 0.6 is 0 Å². The van der Waals surface area contributed by atoms with Crippen molar-refractivity contribution >= 4 is 0 Å². The monoisotopic (exact) mass is 256 g/mol. The Labute approximate surface area is 111 Å². The maximum atomic E-state index is 9.39. The average molecular weight is 256 g/mol. The molecule has 1 unspecified atom stereocenters. The first-order chi connectivity index (χ1) is 8.61. The van der Waals surface area contributed by atoms with E-state index in [9.17, 15) is 5.11 Å². The van der Waals surface area contributed by atoms with Crippen molar-refractivity contribution in [3.8, 4) is 0 Å². The Balaban J connectivity index is 1.84. The molecule has 4 heteroatoms. The highest BCUT2D eigenvalue weighted by atomic mass is 16.5. The Kier molecular flexibility index (Phi) is 5.01. The number of hydrogen-bond donors (Lipinski definition) is 1. The molecule has 0 radical (unpaired) electrons. The summed E-state index contributed by atoms with van der Waals surface area (Å²) in [6, 6.07) is 0.692. The number of hydrogen-bond acceptors (Lipinski definition) is 4. The van der Waals surface area contributed by atoms with Gasteiger partial charge in [0.1, 0.15) is 0 Å². The summed E-state index contributed by atoms with van der Waals surface area (Å²) in [5.41, 5.74) is 0.0207. The van der Waals surface area contributed by atoms with Gasteiger partial charge in [-0.25, -0.2) is 0 Å². The van der Waals surface area contributed by atoms with Crippen LogP contribution in [0.5, 0.6) is 0 Å². The summed E-state index contributed by atoms with van der Waals surface area (Å²) in [6.07, 6.45) is 2.60. The Bertz CT molecular complexity index is 252. The van der Waals surface area contributed by atoms with Crippen LogP contribution in [0.3, 0.4) is 0 Å². The van der Waals surface area contributed by atoms with Gasteiger partial charge in [0, 0.05) is 44.2 Å². The molecule has 4 nitrogen and oxygen atoms in total. The summed E-state index contributed by atoms with van der Waals surface area (Å²) in [4.78, 5) is 5.11. The molecule has 2 heterocycles. The van der Waals surface area contributed by atoms with Gasteiger partial charge in [-0.15, -0.1) is 0 Å². The number of rotatable bonds is 4. The SMILES string of the molecule is CC(C)(CO)CN1CCCC(N2CCOCC2)C1. The molecule has 0 aliphatic carbocycles. The largest absolute Gasteiger partial charge is 0.396 e. The third kappa shape index (κ3) is 3.92. The van der Waals surface area contributed by atoms with Gasteiger partial charge < -0.3 is 14.7 Å². The van der Waals surface area contributed by atoms with E-state index in [0.29, 0.717) is 6.04 Å². The van der Waals surface area contributed by atoms with Crippen molar-refractivity contribution < 1.29 is 9.84 Å². The van der Waals surface area contributed by atoms with Crippen LogP contribution in [0.4, 0.5) is 0 Å². The van der Waals surface area contributed by atoms with E-state index in [1.165, 1.54) is 19.4 Å². The van der Waals surface area contributed by atoms with Crippen LogP contribution < -0.4 is 0 Å². The maximum absolute atomic E-state index is 9.39. The van der Waals surface area contributed by atoms with Gasteiger partial charge in [-0.3, -0.25) is 4.90 Å². The van der Waals surface area contributed by atoms with Crippen molar-refractivity contribution in [3.63, 3.8) is 0 Å². The zero-order valence-corrected chi connectivity index (χ0v) is 11.9. The van der Waals surface area contributed by atoms with Crippen molar-refractivity contribution in [3.05, 3.63) is 0 Å². The summed E-state index contributed by atoms with van der Waals surface area (Å²) in [5.74, 6) is 0. The van der Waals surface area contributed by atoms with Crippen molar-refractivity contribution in [2.24, 2.45) is 5.41 Å². The van der Waals surface area contributed by atoms with Crippen molar-refractivity contribution in [1.29, 1.82) is 0 Å².